The average molecular weight is 276 g/mol. The van der Waals surface area contributed by atoms with E-state index in [1.165, 1.54) is 0 Å². The summed E-state index contributed by atoms with van der Waals surface area (Å²) in [6.07, 6.45) is 0. The zero-order valence-corrected chi connectivity index (χ0v) is 12.9. The van der Waals surface area contributed by atoms with Gasteiger partial charge >= 0.3 is 7.12 Å². The van der Waals surface area contributed by atoms with Gasteiger partial charge in [0, 0.05) is 11.2 Å². The van der Waals surface area contributed by atoms with E-state index in [0.717, 1.165) is 11.2 Å². The molecule has 0 aliphatic carbocycles. The zero-order valence-electron chi connectivity index (χ0n) is 12.9. The Hall–Kier alpha value is -1.40. The van der Waals surface area contributed by atoms with Gasteiger partial charge in [0.1, 0.15) is 0 Å². The van der Waals surface area contributed by atoms with Crippen LogP contribution in [0.3, 0.4) is 0 Å². The van der Waals surface area contributed by atoms with Crippen molar-refractivity contribution in [1.82, 2.24) is 4.98 Å². The van der Waals surface area contributed by atoms with E-state index < -0.39 is 24.2 Å². The van der Waals surface area contributed by atoms with E-state index in [9.17, 15) is 4.79 Å². The Kier molecular flexibility index (Phi) is 3.43. The van der Waals surface area contributed by atoms with Gasteiger partial charge in [0.05, 0.1) is 22.5 Å². The normalized spacial score (nSPS) is 20.2. The predicted molar refractivity (Wildman–Crippen MR) is 77.9 cm³/mol. The second kappa shape index (κ2) is 4.57. The third-order valence-corrected chi connectivity index (χ3v) is 4.22. The number of primary amides is 1. The van der Waals surface area contributed by atoms with Gasteiger partial charge in [-0.2, -0.15) is 0 Å². The molecular weight excluding hydrogens is 255 g/mol. The number of hydrogen-bond acceptors (Lipinski definition) is 4. The second-order valence-electron chi connectivity index (χ2n) is 6.25. The van der Waals surface area contributed by atoms with Crippen molar-refractivity contribution in [2.45, 2.75) is 52.7 Å². The number of carbonyl (C=O) groups is 1. The van der Waals surface area contributed by atoms with Crippen molar-refractivity contribution in [3.05, 3.63) is 23.0 Å². The number of nitrogens with two attached hydrogens (primary N) is 1. The maximum Gasteiger partial charge on any atom is 0.496 e. The minimum Gasteiger partial charge on any atom is -0.399 e. The van der Waals surface area contributed by atoms with Crippen LogP contribution < -0.4 is 11.2 Å². The predicted octanol–water partition coefficient (Wildman–Crippen LogP) is 1.10. The van der Waals surface area contributed by atoms with Crippen molar-refractivity contribution >= 4 is 18.5 Å². The molecule has 2 heterocycles. The summed E-state index contributed by atoms with van der Waals surface area (Å²) in [6, 6.07) is 1.72. The quantitative estimate of drug-likeness (QED) is 0.821. The molecule has 0 radical (unpaired) electrons. The Balaban J connectivity index is 2.45. The van der Waals surface area contributed by atoms with Crippen molar-refractivity contribution in [1.29, 1.82) is 0 Å². The Morgan fingerprint density at radius 1 is 1.15 bits per heavy atom. The maximum atomic E-state index is 11.5. The van der Waals surface area contributed by atoms with Gasteiger partial charge in [0.2, 0.25) is 0 Å². The van der Waals surface area contributed by atoms with Crippen molar-refractivity contribution in [2.24, 2.45) is 5.73 Å². The van der Waals surface area contributed by atoms with Gasteiger partial charge in [-0.15, -0.1) is 0 Å². The summed E-state index contributed by atoms with van der Waals surface area (Å²) in [5.41, 5.74) is 7.08. The summed E-state index contributed by atoms with van der Waals surface area (Å²) >= 11 is 0. The standard InChI is InChI=1S/C14H21BN2O3/c1-8-10(12(16)18)7-11(9(2)17-8)15-19-13(3,4)14(5,6)20-15/h7H,1-6H3,(H2,16,18). The second-order valence-corrected chi connectivity index (χ2v) is 6.25. The number of amides is 1. The van der Waals surface area contributed by atoms with Gasteiger partial charge in [0.25, 0.3) is 5.91 Å². The molecule has 1 aliphatic heterocycles. The minimum atomic E-state index is -0.536. The number of nitrogens with zero attached hydrogens (tertiary/aromatic N) is 1. The first-order chi connectivity index (χ1) is 9.05. The minimum absolute atomic E-state index is 0.403. The summed E-state index contributed by atoms with van der Waals surface area (Å²) in [5, 5.41) is 0. The first-order valence-corrected chi connectivity index (χ1v) is 6.69. The smallest absolute Gasteiger partial charge is 0.399 e. The molecule has 1 fully saturated rings. The summed E-state index contributed by atoms with van der Waals surface area (Å²) in [6.45, 7) is 11.6. The summed E-state index contributed by atoms with van der Waals surface area (Å²) in [7, 11) is -0.536. The van der Waals surface area contributed by atoms with E-state index in [0.29, 0.717) is 11.3 Å². The van der Waals surface area contributed by atoms with Crippen LogP contribution in [0.25, 0.3) is 0 Å². The van der Waals surface area contributed by atoms with E-state index in [2.05, 4.69) is 4.98 Å². The number of aryl methyl sites for hydroxylation is 2. The molecule has 0 saturated carbocycles. The molecule has 2 N–H and O–H groups in total. The Labute approximate surface area is 120 Å². The van der Waals surface area contributed by atoms with E-state index in [1.807, 2.05) is 34.6 Å². The van der Waals surface area contributed by atoms with Crippen LogP contribution in [0, 0.1) is 13.8 Å². The SMILES string of the molecule is Cc1nc(C)c(C(N)=O)cc1B1OC(C)(C)C(C)(C)O1. The lowest BCUT2D eigenvalue weighted by Crippen LogP contribution is -2.41. The molecule has 6 heteroatoms. The number of aromatic nitrogens is 1. The third-order valence-electron chi connectivity index (χ3n) is 4.22. The molecular formula is C14H21BN2O3. The highest BCUT2D eigenvalue weighted by molar-refractivity contribution is 6.62. The summed E-state index contributed by atoms with van der Waals surface area (Å²) in [5.74, 6) is -0.493. The molecule has 1 aromatic heterocycles. The lowest BCUT2D eigenvalue weighted by atomic mass is 9.77. The fraction of sp³-hybridized carbons (Fsp3) is 0.571. The van der Waals surface area contributed by atoms with Crippen LogP contribution in [0.4, 0.5) is 0 Å². The first-order valence-electron chi connectivity index (χ1n) is 6.69. The summed E-state index contributed by atoms with van der Waals surface area (Å²) in [4.78, 5) is 15.8. The number of carbonyl (C=O) groups excluding carboxylic acids is 1. The highest BCUT2D eigenvalue weighted by Crippen LogP contribution is 2.36. The molecule has 0 aromatic carbocycles. The molecule has 1 saturated heterocycles. The van der Waals surface area contributed by atoms with Gasteiger partial charge in [-0.25, -0.2) is 0 Å². The monoisotopic (exact) mass is 276 g/mol. The van der Waals surface area contributed by atoms with Gasteiger partial charge in [0.15, 0.2) is 0 Å². The molecule has 1 aromatic rings. The topological polar surface area (TPSA) is 74.4 Å². The van der Waals surface area contributed by atoms with E-state index in [4.69, 9.17) is 15.0 Å². The Bertz CT molecular complexity index is 554. The third kappa shape index (κ3) is 2.34. The largest absolute Gasteiger partial charge is 0.496 e. The van der Waals surface area contributed by atoms with Gasteiger partial charge < -0.3 is 15.0 Å². The lowest BCUT2D eigenvalue weighted by molar-refractivity contribution is 0.00578. The van der Waals surface area contributed by atoms with Crippen LogP contribution in [-0.2, 0) is 9.31 Å². The lowest BCUT2D eigenvalue weighted by Gasteiger charge is -2.32. The van der Waals surface area contributed by atoms with Gasteiger partial charge in [-0.1, -0.05) is 0 Å². The van der Waals surface area contributed by atoms with Crippen molar-refractivity contribution in [3.63, 3.8) is 0 Å². The van der Waals surface area contributed by atoms with Gasteiger partial charge in [-0.05, 0) is 47.6 Å². The van der Waals surface area contributed by atoms with Crippen LogP contribution in [-0.4, -0.2) is 29.2 Å². The average Bonchev–Trinajstić information content (AvgIpc) is 2.47. The maximum absolute atomic E-state index is 11.5. The Morgan fingerprint density at radius 2 is 1.65 bits per heavy atom. The highest BCUT2D eigenvalue weighted by Gasteiger charge is 2.52. The molecule has 0 spiro atoms. The molecule has 5 nitrogen and oxygen atoms in total. The van der Waals surface area contributed by atoms with Crippen molar-refractivity contribution in [2.75, 3.05) is 0 Å². The Morgan fingerprint density at radius 3 is 2.10 bits per heavy atom. The van der Waals surface area contributed by atoms with Crippen molar-refractivity contribution < 1.29 is 14.1 Å². The fourth-order valence-electron chi connectivity index (χ4n) is 2.20. The van der Waals surface area contributed by atoms with E-state index >= 15 is 0 Å². The van der Waals surface area contributed by atoms with Crippen molar-refractivity contribution in [3.8, 4) is 0 Å². The molecule has 108 valence electrons. The van der Waals surface area contributed by atoms with E-state index in [-0.39, 0.29) is 0 Å². The number of pyridine rings is 1. The summed E-state index contributed by atoms with van der Waals surface area (Å²) < 4.78 is 12.0. The number of rotatable bonds is 2. The molecule has 1 amide bonds. The highest BCUT2D eigenvalue weighted by atomic mass is 16.7. The molecule has 0 atom stereocenters. The van der Waals surface area contributed by atoms with Crippen LogP contribution in [0.5, 0.6) is 0 Å². The van der Waals surface area contributed by atoms with Gasteiger partial charge in [-0.3, -0.25) is 9.78 Å². The molecule has 0 unspecified atom stereocenters. The van der Waals surface area contributed by atoms with Crippen LogP contribution in [0.1, 0.15) is 49.4 Å². The molecule has 1 aliphatic rings. The fourth-order valence-corrected chi connectivity index (χ4v) is 2.20. The molecule has 2 rings (SSSR count). The molecule has 20 heavy (non-hydrogen) atoms. The first kappa shape index (κ1) is 15.0. The van der Waals surface area contributed by atoms with E-state index in [1.54, 1.807) is 13.0 Å². The van der Waals surface area contributed by atoms with Crippen LogP contribution in [0.15, 0.2) is 6.07 Å². The van der Waals surface area contributed by atoms with Crippen LogP contribution >= 0.6 is 0 Å². The van der Waals surface area contributed by atoms with Crippen LogP contribution in [0.2, 0.25) is 0 Å². The zero-order chi connectivity index (χ0) is 15.3. The number of hydrogen-bond donors (Lipinski definition) is 1. The molecule has 0 bridgehead atoms.